The molecule has 1 unspecified atom stereocenters. The number of rotatable bonds is 6. The highest BCUT2D eigenvalue weighted by Crippen LogP contribution is 2.21. The largest absolute Gasteiger partial charge is 0.383 e. The summed E-state index contributed by atoms with van der Waals surface area (Å²) in [4.78, 5) is 2.55. The molecule has 15 heavy (non-hydrogen) atoms. The van der Waals surface area contributed by atoms with Gasteiger partial charge in [-0.3, -0.25) is 0 Å². The fraction of sp³-hybridized carbons (Fsp3) is 1.00. The molecule has 1 heterocycles. The zero-order chi connectivity index (χ0) is 10.5. The van der Waals surface area contributed by atoms with E-state index in [1.165, 1.54) is 45.3 Å². The standard InChI is InChI=1S/C12H24N2O/c1-15-8-7-14-6-2-3-11(10-14)9-13-12-4-5-12/h11-13H,2-10H2,1H3. The van der Waals surface area contributed by atoms with E-state index in [1.807, 2.05) is 0 Å². The van der Waals surface area contributed by atoms with E-state index in [-0.39, 0.29) is 0 Å². The highest BCUT2D eigenvalue weighted by molar-refractivity contribution is 4.83. The highest BCUT2D eigenvalue weighted by Gasteiger charge is 2.24. The first-order valence-corrected chi connectivity index (χ1v) is 6.33. The van der Waals surface area contributed by atoms with Gasteiger partial charge in [-0.15, -0.1) is 0 Å². The van der Waals surface area contributed by atoms with Crippen LogP contribution in [-0.4, -0.2) is 50.8 Å². The van der Waals surface area contributed by atoms with E-state index in [1.54, 1.807) is 7.11 Å². The molecule has 1 aliphatic carbocycles. The minimum absolute atomic E-state index is 0.861. The average molecular weight is 212 g/mol. The van der Waals surface area contributed by atoms with Crippen molar-refractivity contribution in [1.82, 2.24) is 10.2 Å². The Morgan fingerprint density at radius 1 is 1.33 bits per heavy atom. The summed E-state index contributed by atoms with van der Waals surface area (Å²) < 4.78 is 5.13. The number of hydrogen-bond acceptors (Lipinski definition) is 3. The third-order valence-electron chi connectivity index (χ3n) is 3.49. The summed E-state index contributed by atoms with van der Waals surface area (Å²) >= 11 is 0. The van der Waals surface area contributed by atoms with Gasteiger partial charge in [0.2, 0.25) is 0 Å². The maximum atomic E-state index is 5.13. The van der Waals surface area contributed by atoms with Crippen LogP contribution in [0.3, 0.4) is 0 Å². The summed E-state index contributed by atoms with van der Waals surface area (Å²) in [6.07, 6.45) is 5.57. The summed E-state index contributed by atoms with van der Waals surface area (Å²) in [7, 11) is 1.79. The van der Waals surface area contributed by atoms with Gasteiger partial charge in [0.1, 0.15) is 0 Å². The van der Waals surface area contributed by atoms with Crippen LogP contribution in [0.2, 0.25) is 0 Å². The number of piperidine rings is 1. The number of nitrogens with one attached hydrogen (secondary N) is 1. The Hall–Kier alpha value is -0.120. The van der Waals surface area contributed by atoms with Gasteiger partial charge in [0.05, 0.1) is 6.61 Å². The molecule has 2 fully saturated rings. The Balaban J connectivity index is 1.61. The van der Waals surface area contributed by atoms with Crippen LogP contribution in [0.4, 0.5) is 0 Å². The fourth-order valence-electron chi connectivity index (χ4n) is 2.36. The van der Waals surface area contributed by atoms with Crippen LogP contribution in [-0.2, 0) is 4.74 Å². The second-order valence-corrected chi connectivity index (χ2v) is 4.98. The van der Waals surface area contributed by atoms with Crippen LogP contribution in [0.15, 0.2) is 0 Å². The maximum Gasteiger partial charge on any atom is 0.0589 e. The molecule has 1 saturated carbocycles. The number of methoxy groups -OCH3 is 1. The Labute approximate surface area is 93.2 Å². The fourth-order valence-corrected chi connectivity index (χ4v) is 2.36. The molecular weight excluding hydrogens is 188 g/mol. The number of likely N-dealkylation sites (tertiary alicyclic amines) is 1. The summed E-state index contributed by atoms with van der Waals surface area (Å²) in [6.45, 7) is 5.75. The van der Waals surface area contributed by atoms with Crippen LogP contribution in [0, 0.1) is 5.92 Å². The SMILES string of the molecule is COCCN1CCCC(CNC2CC2)C1. The molecule has 0 aromatic rings. The predicted molar refractivity (Wildman–Crippen MR) is 62.1 cm³/mol. The molecule has 1 N–H and O–H groups in total. The molecule has 1 saturated heterocycles. The Kier molecular flexibility index (Phi) is 4.42. The minimum Gasteiger partial charge on any atom is -0.383 e. The third kappa shape index (κ3) is 4.09. The first-order valence-electron chi connectivity index (χ1n) is 6.33. The summed E-state index contributed by atoms with van der Waals surface area (Å²) in [6, 6.07) is 0.861. The normalized spacial score (nSPS) is 28.2. The lowest BCUT2D eigenvalue weighted by atomic mass is 9.98. The second kappa shape index (κ2) is 5.83. The summed E-state index contributed by atoms with van der Waals surface area (Å²) in [5.74, 6) is 0.871. The molecule has 1 aliphatic heterocycles. The van der Waals surface area contributed by atoms with Crippen LogP contribution >= 0.6 is 0 Å². The van der Waals surface area contributed by atoms with E-state index in [4.69, 9.17) is 4.74 Å². The van der Waals surface area contributed by atoms with Crippen LogP contribution in [0.5, 0.6) is 0 Å². The lowest BCUT2D eigenvalue weighted by Gasteiger charge is -2.32. The monoisotopic (exact) mass is 212 g/mol. The van der Waals surface area contributed by atoms with Gasteiger partial charge in [-0.05, 0) is 44.7 Å². The zero-order valence-corrected chi connectivity index (χ0v) is 9.87. The molecule has 0 aromatic carbocycles. The summed E-state index contributed by atoms with van der Waals surface area (Å²) in [5.41, 5.74) is 0. The molecule has 0 bridgehead atoms. The van der Waals surface area contributed by atoms with Gasteiger partial charge in [0.25, 0.3) is 0 Å². The molecule has 1 atom stereocenters. The molecule has 0 spiro atoms. The number of ether oxygens (including phenoxy) is 1. The van der Waals surface area contributed by atoms with Gasteiger partial charge in [0, 0.05) is 26.2 Å². The lowest BCUT2D eigenvalue weighted by Crippen LogP contribution is -2.41. The maximum absolute atomic E-state index is 5.13. The Bertz CT molecular complexity index is 182. The molecule has 88 valence electrons. The smallest absolute Gasteiger partial charge is 0.0589 e. The lowest BCUT2D eigenvalue weighted by molar-refractivity contribution is 0.114. The first-order chi connectivity index (χ1) is 7.38. The quantitative estimate of drug-likeness (QED) is 0.713. The van der Waals surface area contributed by atoms with Crippen molar-refractivity contribution in [3.63, 3.8) is 0 Å². The van der Waals surface area contributed by atoms with E-state index >= 15 is 0 Å². The third-order valence-corrected chi connectivity index (χ3v) is 3.49. The molecule has 0 radical (unpaired) electrons. The zero-order valence-electron chi connectivity index (χ0n) is 9.87. The van der Waals surface area contributed by atoms with Crippen molar-refractivity contribution in [2.75, 3.05) is 39.9 Å². The van der Waals surface area contributed by atoms with Crippen LogP contribution < -0.4 is 5.32 Å². The minimum atomic E-state index is 0.861. The van der Waals surface area contributed by atoms with E-state index in [0.29, 0.717) is 0 Å². The molecule has 2 rings (SSSR count). The van der Waals surface area contributed by atoms with E-state index in [9.17, 15) is 0 Å². The van der Waals surface area contributed by atoms with Gasteiger partial charge < -0.3 is 15.0 Å². The van der Waals surface area contributed by atoms with Crippen molar-refractivity contribution >= 4 is 0 Å². The van der Waals surface area contributed by atoms with E-state index in [2.05, 4.69) is 10.2 Å². The number of nitrogens with zero attached hydrogens (tertiary/aromatic N) is 1. The molecule has 2 aliphatic rings. The molecule has 3 nitrogen and oxygen atoms in total. The number of hydrogen-bond donors (Lipinski definition) is 1. The van der Waals surface area contributed by atoms with Crippen LogP contribution in [0.1, 0.15) is 25.7 Å². The highest BCUT2D eigenvalue weighted by atomic mass is 16.5. The van der Waals surface area contributed by atoms with Crippen molar-refractivity contribution in [2.24, 2.45) is 5.92 Å². The van der Waals surface area contributed by atoms with Crippen molar-refractivity contribution in [3.8, 4) is 0 Å². The predicted octanol–water partition coefficient (Wildman–Crippen LogP) is 1.10. The second-order valence-electron chi connectivity index (χ2n) is 4.98. The van der Waals surface area contributed by atoms with Crippen molar-refractivity contribution in [1.29, 1.82) is 0 Å². The molecule has 3 heteroatoms. The van der Waals surface area contributed by atoms with Gasteiger partial charge in [0.15, 0.2) is 0 Å². The van der Waals surface area contributed by atoms with E-state index in [0.717, 1.165) is 25.1 Å². The first kappa shape index (κ1) is 11.4. The Morgan fingerprint density at radius 2 is 2.20 bits per heavy atom. The van der Waals surface area contributed by atoms with Crippen molar-refractivity contribution < 1.29 is 4.74 Å². The van der Waals surface area contributed by atoms with Gasteiger partial charge in [-0.2, -0.15) is 0 Å². The van der Waals surface area contributed by atoms with Crippen molar-refractivity contribution in [2.45, 2.75) is 31.7 Å². The summed E-state index contributed by atoms with van der Waals surface area (Å²) in [5, 5.41) is 3.65. The molecular formula is C12H24N2O. The van der Waals surface area contributed by atoms with Crippen molar-refractivity contribution in [3.05, 3.63) is 0 Å². The van der Waals surface area contributed by atoms with Gasteiger partial charge >= 0.3 is 0 Å². The van der Waals surface area contributed by atoms with Crippen LogP contribution in [0.25, 0.3) is 0 Å². The topological polar surface area (TPSA) is 24.5 Å². The van der Waals surface area contributed by atoms with Gasteiger partial charge in [-0.1, -0.05) is 0 Å². The Morgan fingerprint density at radius 3 is 2.93 bits per heavy atom. The molecule has 0 amide bonds. The average Bonchev–Trinajstić information content (AvgIpc) is 3.08. The molecule has 0 aromatic heterocycles. The van der Waals surface area contributed by atoms with E-state index < -0.39 is 0 Å². The van der Waals surface area contributed by atoms with Gasteiger partial charge in [-0.25, -0.2) is 0 Å².